The SMILES string of the molecule is CN(C)P(F)N(C)[Si](C)(C)C. The summed E-state index contributed by atoms with van der Waals surface area (Å²) >= 11 is 0. The largest absolute Gasteiger partial charge is 0.268 e. The molecule has 0 heterocycles. The summed E-state index contributed by atoms with van der Waals surface area (Å²) in [6.07, 6.45) is 0. The van der Waals surface area contributed by atoms with E-state index in [1.165, 1.54) is 0 Å². The van der Waals surface area contributed by atoms with E-state index in [2.05, 4.69) is 19.6 Å². The smallest absolute Gasteiger partial charge is 0.229 e. The Hall–Kier alpha value is 0.497. The van der Waals surface area contributed by atoms with Crippen LogP contribution >= 0.6 is 8.53 Å². The molecule has 11 heavy (non-hydrogen) atoms. The molecule has 5 heteroatoms. The second-order valence-electron chi connectivity index (χ2n) is 3.78. The molecule has 0 bridgehead atoms. The van der Waals surface area contributed by atoms with Gasteiger partial charge in [-0.25, -0.2) is 4.67 Å². The van der Waals surface area contributed by atoms with Gasteiger partial charge in [0.25, 0.3) is 0 Å². The van der Waals surface area contributed by atoms with E-state index in [1.54, 1.807) is 18.8 Å². The third kappa shape index (κ3) is 3.61. The number of halogens is 1. The van der Waals surface area contributed by atoms with E-state index < -0.39 is 16.8 Å². The molecule has 0 aliphatic heterocycles. The lowest BCUT2D eigenvalue weighted by Crippen LogP contribution is -2.40. The van der Waals surface area contributed by atoms with Crippen molar-refractivity contribution in [3.8, 4) is 0 Å². The van der Waals surface area contributed by atoms with Crippen molar-refractivity contribution in [1.29, 1.82) is 0 Å². The molecule has 0 aromatic heterocycles. The first-order valence-corrected chi connectivity index (χ1v) is 8.22. The molecule has 0 N–H and O–H groups in total. The standard InChI is InChI=1S/C6H18FN2PSi/c1-8(2)10(7)9(3)11(4,5)6/h1-6H3. The van der Waals surface area contributed by atoms with Gasteiger partial charge in [-0.2, -0.15) is 4.20 Å². The lowest BCUT2D eigenvalue weighted by Gasteiger charge is -2.34. The molecule has 0 saturated carbocycles. The average Bonchev–Trinajstić information content (AvgIpc) is 1.82. The van der Waals surface area contributed by atoms with E-state index in [-0.39, 0.29) is 0 Å². The summed E-state index contributed by atoms with van der Waals surface area (Å²) in [6.45, 7) is 6.43. The van der Waals surface area contributed by atoms with Crippen LogP contribution in [0.2, 0.25) is 19.6 Å². The number of rotatable bonds is 3. The monoisotopic (exact) mass is 196 g/mol. The molecule has 1 unspecified atom stereocenters. The van der Waals surface area contributed by atoms with E-state index in [0.29, 0.717) is 0 Å². The van der Waals surface area contributed by atoms with Crippen LogP contribution in [0, 0.1) is 0 Å². The highest BCUT2D eigenvalue weighted by Gasteiger charge is 2.29. The third-order valence-electron chi connectivity index (χ3n) is 1.55. The normalized spacial score (nSPS) is 16.1. The minimum Gasteiger partial charge on any atom is -0.268 e. The summed E-state index contributed by atoms with van der Waals surface area (Å²) in [5.74, 6) is 0. The van der Waals surface area contributed by atoms with Crippen LogP contribution in [0.25, 0.3) is 0 Å². The lowest BCUT2D eigenvalue weighted by molar-refractivity contribution is 0.562. The van der Waals surface area contributed by atoms with Gasteiger partial charge in [0, 0.05) is 0 Å². The van der Waals surface area contributed by atoms with Crippen LogP contribution in [0.4, 0.5) is 4.20 Å². The van der Waals surface area contributed by atoms with E-state index in [9.17, 15) is 4.20 Å². The van der Waals surface area contributed by atoms with Gasteiger partial charge in [-0.15, -0.1) is 0 Å². The van der Waals surface area contributed by atoms with Gasteiger partial charge in [-0.3, -0.25) is 4.34 Å². The molecule has 0 radical (unpaired) electrons. The molecule has 0 aliphatic rings. The molecule has 0 rings (SSSR count). The van der Waals surface area contributed by atoms with Crippen LogP contribution < -0.4 is 0 Å². The summed E-state index contributed by atoms with van der Waals surface area (Å²) < 4.78 is 16.9. The topological polar surface area (TPSA) is 6.48 Å². The maximum atomic E-state index is 13.4. The first-order valence-electron chi connectivity index (χ1n) is 3.63. The first-order chi connectivity index (χ1) is 4.76. The van der Waals surface area contributed by atoms with Crippen molar-refractivity contribution >= 4 is 16.8 Å². The van der Waals surface area contributed by atoms with Gasteiger partial charge in [-0.1, -0.05) is 19.6 Å². The predicted molar refractivity (Wildman–Crippen MR) is 52.8 cm³/mol. The Morgan fingerprint density at radius 1 is 1.09 bits per heavy atom. The Labute approximate surface area is 71.4 Å². The molecule has 0 aromatic rings. The first kappa shape index (κ1) is 11.5. The predicted octanol–water partition coefficient (Wildman–Crippen LogP) is 2.51. The number of hydrogen-bond acceptors (Lipinski definition) is 2. The molecule has 0 aliphatic carbocycles. The van der Waals surface area contributed by atoms with Crippen molar-refractivity contribution < 1.29 is 4.20 Å². The van der Waals surface area contributed by atoms with Crippen molar-refractivity contribution in [2.45, 2.75) is 19.6 Å². The Morgan fingerprint density at radius 2 is 1.45 bits per heavy atom. The Morgan fingerprint density at radius 3 is 1.55 bits per heavy atom. The zero-order valence-corrected chi connectivity index (χ0v) is 10.1. The van der Waals surface area contributed by atoms with Gasteiger partial charge in [0.15, 0.2) is 0 Å². The zero-order chi connectivity index (χ0) is 9.23. The van der Waals surface area contributed by atoms with Gasteiger partial charge in [0.2, 0.25) is 8.53 Å². The van der Waals surface area contributed by atoms with Crippen LogP contribution in [-0.2, 0) is 0 Å². The number of hydrogen-bond donors (Lipinski definition) is 0. The van der Waals surface area contributed by atoms with Crippen LogP contribution in [0.5, 0.6) is 0 Å². The second kappa shape index (κ2) is 3.94. The van der Waals surface area contributed by atoms with Crippen molar-refractivity contribution in [3.05, 3.63) is 0 Å². The fourth-order valence-electron chi connectivity index (χ4n) is 0.516. The van der Waals surface area contributed by atoms with Gasteiger partial charge >= 0.3 is 0 Å². The van der Waals surface area contributed by atoms with E-state index in [1.807, 2.05) is 11.4 Å². The third-order valence-corrected chi connectivity index (χ3v) is 6.94. The average molecular weight is 196 g/mol. The molecule has 2 nitrogen and oxygen atoms in total. The van der Waals surface area contributed by atoms with E-state index >= 15 is 0 Å². The Balaban J connectivity index is 4.13. The summed E-state index contributed by atoms with van der Waals surface area (Å²) in [4.78, 5) is 0. The molecule has 0 saturated heterocycles. The summed E-state index contributed by atoms with van der Waals surface area (Å²) in [6, 6.07) is 0. The molecule has 0 aromatic carbocycles. The minimum atomic E-state index is -1.56. The molecular formula is C6H18FN2PSi. The van der Waals surface area contributed by atoms with Gasteiger partial charge in [-0.05, 0) is 21.1 Å². The van der Waals surface area contributed by atoms with Gasteiger partial charge < -0.3 is 0 Å². The Kier molecular flexibility index (Phi) is 4.12. The van der Waals surface area contributed by atoms with Crippen LogP contribution in [-0.4, -0.2) is 38.4 Å². The van der Waals surface area contributed by atoms with Gasteiger partial charge in [0.1, 0.15) is 8.24 Å². The van der Waals surface area contributed by atoms with E-state index in [0.717, 1.165) is 0 Å². The minimum absolute atomic E-state index is 1.44. The van der Waals surface area contributed by atoms with Crippen LogP contribution in [0.15, 0.2) is 0 Å². The maximum absolute atomic E-state index is 13.4. The van der Waals surface area contributed by atoms with Crippen LogP contribution in [0.1, 0.15) is 0 Å². The highest BCUT2D eigenvalue weighted by molar-refractivity contribution is 7.49. The molecule has 68 valence electrons. The Bertz CT molecular complexity index is 126. The molecule has 0 spiro atoms. The fraction of sp³-hybridized carbons (Fsp3) is 1.00. The van der Waals surface area contributed by atoms with Gasteiger partial charge in [0.05, 0.1) is 0 Å². The fourth-order valence-corrected chi connectivity index (χ4v) is 3.57. The second-order valence-corrected chi connectivity index (χ2v) is 11.1. The highest BCUT2D eigenvalue weighted by atomic mass is 31.2. The zero-order valence-electron chi connectivity index (χ0n) is 8.22. The highest BCUT2D eigenvalue weighted by Crippen LogP contribution is 2.45. The van der Waals surface area contributed by atoms with Crippen molar-refractivity contribution in [1.82, 2.24) is 9.01 Å². The van der Waals surface area contributed by atoms with Crippen molar-refractivity contribution in [2.24, 2.45) is 0 Å². The van der Waals surface area contributed by atoms with E-state index in [4.69, 9.17) is 0 Å². The van der Waals surface area contributed by atoms with Crippen molar-refractivity contribution in [2.75, 3.05) is 21.1 Å². The molecular weight excluding hydrogens is 178 g/mol. The molecule has 1 atom stereocenters. The lowest BCUT2D eigenvalue weighted by atomic mass is 11.3. The van der Waals surface area contributed by atoms with Crippen LogP contribution in [0.3, 0.4) is 0 Å². The summed E-state index contributed by atoms with van der Waals surface area (Å²) in [5.41, 5.74) is 0. The summed E-state index contributed by atoms with van der Waals surface area (Å²) in [7, 11) is 2.43. The quantitative estimate of drug-likeness (QED) is 0.505. The summed E-state index contributed by atoms with van der Waals surface area (Å²) in [5, 5.41) is 0. The maximum Gasteiger partial charge on any atom is 0.229 e. The molecule has 0 fully saturated rings. The van der Waals surface area contributed by atoms with Crippen molar-refractivity contribution in [3.63, 3.8) is 0 Å². The molecule has 0 amide bonds. The number of nitrogens with zero attached hydrogens (tertiary/aromatic N) is 2.